The molecule has 1 aromatic rings. The van der Waals surface area contributed by atoms with Gasteiger partial charge in [0.15, 0.2) is 0 Å². The van der Waals surface area contributed by atoms with Crippen LogP contribution < -0.4 is 5.32 Å². The van der Waals surface area contributed by atoms with Crippen molar-refractivity contribution in [1.29, 1.82) is 0 Å². The number of hydrogen-bond acceptors (Lipinski definition) is 1. The fourth-order valence-electron chi connectivity index (χ4n) is 0.962. The molecule has 0 heterocycles. The van der Waals surface area contributed by atoms with E-state index in [1.807, 2.05) is 48.4 Å². The van der Waals surface area contributed by atoms with Gasteiger partial charge in [-0.3, -0.25) is 4.79 Å². The maximum absolute atomic E-state index is 10.6. The lowest BCUT2D eigenvalue weighted by molar-refractivity contribution is -0.115. The third-order valence-corrected chi connectivity index (χ3v) is 1.62. The number of carbonyl (C=O) groups is 1. The highest BCUT2D eigenvalue weighted by molar-refractivity contribution is 5.92. The third-order valence-electron chi connectivity index (χ3n) is 1.62. The smallest absolute Gasteiger partial charge is 0.295 e. The van der Waals surface area contributed by atoms with Crippen molar-refractivity contribution in [2.75, 3.05) is 6.54 Å². The van der Waals surface area contributed by atoms with Gasteiger partial charge in [-0.05, 0) is 11.5 Å². The van der Waals surface area contributed by atoms with E-state index in [2.05, 4.69) is 5.32 Å². The van der Waals surface area contributed by atoms with Gasteiger partial charge in [0.2, 0.25) is 0 Å². The van der Waals surface area contributed by atoms with Crippen LogP contribution in [0.15, 0.2) is 36.4 Å². The Balaban J connectivity index is 2.36. The van der Waals surface area contributed by atoms with Crippen LogP contribution >= 0.6 is 0 Å². The molecule has 0 unspecified atom stereocenters. The lowest BCUT2D eigenvalue weighted by Crippen LogP contribution is -2.20. The standard InChI is InChI=1S/C12H11NO/c1-2-12(14)13-10-6-9-11-7-4-3-5-8-11/h1,3-9H,10H2,(H,13,14)/b9-6+. The van der Waals surface area contributed by atoms with E-state index in [0.29, 0.717) is 6.54 Å². The van der Waals surface area contributed by atoms with Crippen LogP contribution in [0.3, 0.4) is 0 Å². The summed E-state index contributed by atoms with van der Waals surface area (Å²) in [5.74, 6) is 1.59. The van der Waals surface area contributed by atoms with Crippen LogP contribution in [0.4, 0.5) is 0 Å². The summed E-state index contributed by atoms with van der Waals surface area (Å²) in [7, 11) is 0. The van der Waals surface area contributed by atoms with Crippen LogP contribution in [0.25, 0.3) is 6.08 Å². The quantitative estimate of drug-likeness (QED) is 0.709. The molecule has 0 bridgehead atoms. The summed E-state index contributed by atoms with van der Waals surface area (Å²) in [6.45, 7) is 0.456. The third kappa shape index (κ3) is 3.59. The summed E-state index contributed by atoms with van der Waals surface area (Å²) in [5.41, 5.74) is 1.10. The Morgan fingerprint density at radius 2 is 2.14 bits per heavy atom. The van der Waals surface area contributed by atoms with Gasteiger partial charge in [-0.1, -0.05) is 42.5 Å². The van der Waals surface area contributed by atoms with Gasteiger partial charge in [0, 0.05) is 6.54 Å². The molecule has 1 N–H and O–H groups in total. The molecule has 70 valence electrons. The second-order valence-corrected chi connectivity index (χ2v) is 2.67. The van der Waals surface area contributed by atoms with Gasteiger partial charge >= 0.3 is 0 Å². The predicted octanol–water partition coefficient (Wildman–Crippen LogP) is 1.45. The summed E-state index contributed by atoms with van der Waals surface area (Å²) in [4.78, 5) is 10.6. The van der Waals surface area contributed by atoms with E-state index in [0.717, 1.165) is 5.56 Å². The summed E-state index contributed by atoms with van der Waals surface area (Å²) in [6.07, 6.45) is 8.66. The van der Waals surface area contributed by atoms with Gasteiger partial charge in [-0.2, -0.15) is 0 Å². The Morgan fingerprint density at radius 1 is 1.43 bits per heavy atom. The van der Waals surface area contributed by atoms with Crippen molar-refractivity contribution in [2.45, 2.75) is 0 Å². The summed E-state index contributed by atoms with van der Waals surface area (Å²) in [6, 6.07) is 9.84. The minimum absolute atomic E-state index is 0.386. The molecule has 0 saturated carbocycles. The molecule has 14 heavy (non-hydrogen) atoms. The molecular weight excluding hydrogens is 174 g/mol. The first-order valence-corrected chi connectivity index (χ1v) is 4.29. The predicted molar refractivity (Wildman–Crippen MR) is 57.3 cm³/mol. The van der Waals surface area contributed by atoms with Gasteiger partial charge in [0.1, 0.15) is 0 Å². The SMILES string of the molecule is C#CC(=O)NC/C=C/c1ccccc1. The second kappa shape index (κ2) is 5.60. The Morgan fingerprint density at radius 3 is 2.79 bits per heavy atom. The molecule has 0 saturated heterocycles. The number of hydrogen-bond donors (Lipinski definition) is 1. The largest absolute Gasteiger partial charge is 0.342 e. The average Bonchev–Trinajstić information content (AvgIpc) is 2.25. The molecule has 0 spiro atoms. The van der Waals surface area contributed by atoms with Gasteiger partial charge in [0.25, 0.3) is 5.91 Å². The maximum atomic E-state index is 10.6. The van der Waals surface area contributed by atoms with E-state index >= 15 is 0 Å². The molecule has 0 aromatic heterocycles. The zero-order chi connectivity index (χ0) is 10.2. The summed E-state index contributed by atoms with van der Waals surface area (Å²) in [5, 5.41) is 2.54. The first-order chi connectivity index (χ1) is 6.83. The van der Waals surface area contributed by atoms with Crippen molar-refractivity contribution in [3.05, 3.63) is 42.0 Å². The molecule has 0 fully saturated rings. The highest BCUT2D eigenvalue weighted by Crippen LogP contribution is 1.99. The molecule has 1 amide bonds. The Kier molecular flexibility index (Phi) is 4.03. The molecule has 1 rings (SSSR count). The first kappa shape index (κ1) is 10.1. The van der Waals surface area contributed by atoms with Crippen LogP contribution in [0.5, 0.6) is 0 Å². The Labute approximate surface area is 83.6 Å². The minimum atomic E-state index is -0.386. The molecule has 2 heteroatoms. The van der Waals surface area contributed by atoms with E-state index in [1.54, 1.807) is 0 Å². The topological polar surface area (TPSA) is 29.1 Å². The molecule has 0 aliphatic heterocycles. The number of terminal acetylenes is 1. The molecule has 2 nitrogen and oxygen atoms in total. The molecule has 1 aromatic carbocycles. The van der Waals surface area contributed by atoms with E-state index in [-0.39, 0.29) is 5.91 Å². The number of nitrogens with one attached hydrogen (secondary N) is 1. The van der Waals surface area contributed by atoms with Crippen molar-refractivity contribution < 1.29 is 4.79 Å². The minimum Gasteiger partial charge on any atom is -0.342 e. The van der Waals surface area contributed by atoms with Crippen LogP contribution in [-0.4, -0.2) is 12.5 Å². The Bertz CT molecular complexity index is 360. The van der Waals surface area contributed by atoms with Crippen LogP contribution in [0.1, 0.15) is 5.56 Å². The number of amides is 1. The van der Waals surface area contributed by atoms with Crippen LogP contribution in [-0.2, 0) is 4.79 Å². The lowest BCUT2D eigenvalue weighted by Gasteiger charge is -1.94. The van der Waals surface area contributed by atoms with Crippen LogP contribution in [0.2, 0.25) is 0 Å². The van der Waals surface area contributed by atoms with Crippen molar-refractivity contribution in [3.63, 3.8) is 0 Å². The normalized spacial score (nSPS) is 9.64. The average molecular weight is 185 g/mol. The fourth-order valence-corrected chi connectivity index (χ4v) is 0.962. The number of rotatable bonds is 3. The lowest BCUT2D eigenvalue weighted by atomic mass is 10.2. The van der Waals surface area contributed by atoms with E-state index in [9.17, 15) is 4.79 Å². The molecule has 0 radical (unpaired) electrons. The highest BCUT2D eigenvalue weighted by Gasteiger charge is 1.88. The molecule has 0 atom stereocenters. The van der Waals surface area contributed by atoms with Gasteiger partial charge in [-0.25, -0.2) is 0 Å². The Hall–Kier alpha value is -2.01. The number of benzene rings is 1. The molecular formula is C12H11NO. The van der Waals surface area contributed by atoms with Gasteiger partial charge in [-0.15, -0.1) is 6.42 Å². The van der Waals surface area contributed by atoms with E-state index in [4.69, 9.17) is 6.42 Å². The monoisotopic (exact) mass is 185 g/mol. The second-order valence-electron chi connectivity index (χ2n) is 2.67. The summed E-state index contributed by atoms with van der Waals surface area (Å²) < 4.78 is 0. The van der Waals surface area contributed by atoms with E-state index in [1.165, 1.54) is 0 Å². The highest BCUT2D eigenvalue weighted by atomic mass is 16.1. The molecule has 0 aliphatic rings. The molecule has 0 aliphatic carbocycles. The van der Waals surface area contributed by atoms with Crippen LogP contribution in [0, 0.1) is 12.3 Å². The van der Waals surface area contributed by atoms with Gasteiger partial charge in [0.05, 0.1) is 0 Å². The van der Waals surface area contributed by atoms with Gasteiger partial charge < -0.3 is 5.32 Å². The van der Waals surface area contributed by atoms with Crippen molar-refractivity contribution >= 4 is 12.0 Å². The van der Waals surface area contributed by atoms with E-state index < -0.39 is 0 Å². The zero-order valence-corrected chi connectivity index (χ0v) is 7.73. The van der Waals surface area contributed by atoms with Crippen molar-refractivity contribution in [1.82, 2.24) is 5.32 Å². The first-order valence-electron chi connectivity index (χ1n) is 4.29. The fraction of sp³-hybridized carbons (Fsp3) is 0.0833. The summed E-state index contributed by atoms with van der Waals surface area (Å²) >= 11 is 0. The van der Waals surface area contributed by atoms with Crippen molar-refractivity contribution in [2.24, 2.45) is 0 Å². The maximum Gasteiger partial charge on any atom is 0.295 e. The van der Waals surface area contributed by atoms with Crippen molar-refractivity contribution in [3.8, 4) is 12.3 Å². The zero-order valence-electron chi connectivity index (χ0n) is 7.73. The number of carbonyl (C=O) groups excluding carboxylic acids is 1.